The van der Waals surface area contributed by atoms with Crippen molar-refractivity contribution in [3.63, 3.8) is 0 Å². The fraction of sp³-hybridized carbons (Fsp3) is 0.138. The molecule has 3 aliphatic rings. The topological polar surface area (TPSA) is 48.0 Å². The van der Waals surface area contributed by atoms with E-state index in [2.05, 4.69) is 24.3 Å². The molecule has 1 spiro atoms. The highest BCUT2D eigenvalue weighted by Gasteiger charge is 2.58. The second kappa shape index (κ2) is 7.12. The van der Waals surface area contributed by atoms with Crippen molar-refractivity contribution >= 4 is 11.6 Å². The van der Waals surface area contributed by atoms with Crippen LogP contribution >= 0.6 is 0 Å². The summed E-state index contributed by atoms with van der Waals surface area (Å²) in [5, 5.41) is 0. The molecule has 0 N–H and O–H groups in total. The van der Waals surface area contributed by atoms with Crippen molar-refractivity contribution in [2.75, 3.05) is 18.3 Å². The van der Waals surface area contributed by atoms with Gasteiger partial charge in [-0.2, -0.15) is 0 Å². The van der Waals surface area contributed by atoms with Gasteiger partial charge in [0.15, 0.2) is 11.5 Å². The maximum Gasteiger partial charge on any atom is 0.246 e. The predicted molar refractivity (Wildman–Crippen MR) is 127 cm³/mol. The van der Waals surface area contributed by atoms with E-state index < -0.39 is 5.41 Å². The number of anilines is 1. The summed E-state index contributed by atoms with van der Waals surface area (Å²) in [5.41, 5.74) is 3.86. The third kappa shape index (κ3) is 2.52. The molecule has 3 aliphatic heterocycles. The van der Waals surface area contributed by atoms with Crippen LogP contribution in [-0.4, -0.2) is 19.3 Å². The molecule has 5 nitrogen and oxygen atoms in total. The van der Waals surface area contributed by atoms with Crippen LogP contribution in [0.3, 0.4) is 0 Å². The number of fused-ring (bicyclic) bond motifs is 5. The zero-order valence-electron chi connectivity index (χ0n) is 18.3. The first-order valence-corrected chi connectivity index (χ1v) is 11.4. The zero-order chi connectivity index (χ0) is 22.7. The van der Waals surface area contributed by atoms with Gasteiger partial charge in [0.05, 0.1) is 6.04 Å². The number of carbonyl (C=O) groups is 1. The summed E-state index contributed by atoms with van der Waals surface area (Å²) in [6.45, 7) is 0.417. The molecule has 34 heavy (non-hydrogen) atoms. The van der Waals surface area contributed by atoms with E-state index in [0.717, 1.165) is 27.9 Å². The Bertz CT molecular complexity index is 1380. The van der Waals surface area contributed by atoms with Crippen molar-refractivity contribution in [3.05, 3.63) is 119 Å². The summed E-state index contributed by atoms with van der Waals surface area (Å²) in [5.74, 6) is 1.97. The Morgan fingerprint density at radius 3 is 2.00 bits per heavy atom. The van der Waals surface area contributed by atoms with Gasteiger partial charge >= 0.3 is 0 Å². The third-order valence-corrected chi connectivity index (χ3v) is 7.07. The van der Waals surface area contributed by atoms with Crippen LogP contribution in [0.15, 0.2) is 97.1 Å². The molecule has 0 saturated heterocycles. The van der Waals surface area contributed by atoms with Crippen LogP contribution in [-0.2, 0) is 10.2 Å². The maximum atomic E-state index is 14.6. The van der Waals surface area contributed by atoms with E-state index in [4.69, 9.17) is 14.2 Å². The van der Waals surface area contributed by atoms with E-state index >= 15 is 0 Å². The normalized spacial score (nSPS) is 19.4. The first-order chi connectivity index (χ1) is 16.8. The maximum absolute atomic E-state index is 14.6. The number of carbonyl (C=O) groups excluding carboxylic acids is 1. The van der Waals surface area contributed by atoms with Gasteiger partial charge in [-0.15, -0.1) is 0 Å². The summed E-state index contributed by atoms with van der Waals surface area (Å²) in [6, 6.07) is 31.9. The van der Waals surface area contributed by atoms with Gasteiger partial charge in [-0.1, -0.05) is 78.9 Å². The number of ether oxygens (including phenoxy) is 3. The average molecular weight is 447 g/mol. The summed E-state index contributed by atoms with van der Waals surface area (Å²) in [4.78, 5) is 16.6. The summed E-state index contributed by atoms with van der Waals surface area (Å²) in [6.07, 6.45) is 0. The molecule has 0 radical (unpaired) electrons. The smallest absolute Gasteiger partial charge is 0.246 e. The lowest BCUT2D eigenvalue weighted by molar-refractivity contribution is -0.122. The lowest BCUT2D eigenvalue weighted by Crippen LogP contribution is -2.44. The van der Waals surface area contributed by atoms with E-state index in [-0.39, 0.29) is 25.3 Å². The number of benzene rings is 4. The van der Waals surface area contributed by atoms with Crippen molar-refractivity contribution < 1.29 is 19.0 Å². The molecule has 0 bridgehead atoms. The molecule has 1 amide bonds. The van der Waals surface area contributed by atoms with Crippen molar-refractivity contribution in [2.24, 2.45) is 0 Å². The van der Waals surface area contributed by atoms with Crippen LogP contribution < -0.4 is 19.1 Å². The van der Waals surface area contributed by atoms with Gasteiger partial charge < -0.3 is 14.2 Å². The Morgan fingerprint density at radius 2 is 1.29 bits per heavy atom. The highest BCUT2D eigenvalue weighted by atomic mass is 16.7. The van der Waals surface area contributed by atoms with Crippen LogP contribution in [0, 0.1) is 0 Å². The molecule has 4 aromatic carbocycles. The molecule has 0 saturated carbocycles. The van der Waals surface area contributed by atoms with Gasteiger partial charge in [0.2, 0.25) is 12.7 Å². The van der Waals surface area contributed by atoms with Crippen LogP contribution in [0.4, 0.5) is 5.69 Å². The Kier molecular flexibility index (Phi) is 4.03. The van der Waals surface area contributed by atoms with Crippen LogP contribution in [0.1, 0.15) is 28.3 Å². The number of hydrogen-bond acceptors (Lipinski definition) is 4. The van der Waals surface area contributed by atoms with Crippen molar-refractivity contribution in [3.8, 4) is 17.2 Å². The monoisotopic (exact) mass is 447 g/mol. The fourth-order valence-electron chi connectivity index (χ4n) is 5.53. The van der Waals surface area contributed by atoms with Gasteiger partial charge in [-0.05, 0) is 28.8 Å². The fourth-order valence-corrected chi connectivity index (χ4v) is 5.53. The lowest BCUT2D eigenvalue weighted by Gasteiger charge is -2.31. The average Bonchev–Trinajstić information content (AvgIpc) is 3.57. The van der Waals surface area contributed by atoms with Gasteiger partial charge in [0.1, 0.15) is 17.8 Å². The minimum atomic E-state index is -0.936. The first kappa shape index (κ1) is 19.2. The van der Waals surface area contributed by atoms with Gasteiger partial charge in [0.25, 0.3) is 0 Å². The Morgan fingerprint density at radius 1 is 0.676 bits per heavy atom. The van der Waals surface area contributed by atoms with Crippen molar-refractivity contribution in [1.82, 2.24) is 0 Å². The molecular formula is C29H21NO4. The van der Waals surface area contributed by atoms with Crippen molar-refractivity contribution in [2.45, 2.75) is 11.5 Å². The second-order valence-corrected chi connectivity index (χ2v) is 8.81. The molecule has 3 heterocycles. The third-order valence-electron chi connectivity index (χ3n) is 7.07. The summed E-state index contributed by atoms with van der Waals surface area (Å²) < 4.78 is 17.4. The molecule has 0 fully saturated rings. The molecule has 4 aromatic rings. The standard InChI is InChI=1S/C29H21NO4/c31-28-29(17-32-24-16-26-25(15-22(24)29)33-18-34-26)21-13-7-8-14-23(21)30(28)27(19-9-3-1-4-10-19)20-11-5-2-6-12-20/h1-16,27H,17-18H2/t29-/m0/s1. The SMILES string of the molecule is O=C1N(C(c2ccccc2)c2ccccc2)c2ccccc2[C@]12COc1cc3c(cc12)OCO3. The first-order valence-electron chi connectivity index (χ1n) is 11.4. The minimum Gasteiger partial charge on any atom is -0.491 e. The van der Waals surface area contributed by atoms with Gasteiger partial charge in [-0.25, -0.2) is 0 Å². The quantitative estimate of drug-likeness (QED) is 0.432. The van der Waals surface area contributed by atoms with Gasteiger partial charge in [0, 0.05) is 17.3 Å². The molecular weight excluding hydrogens is 426 g/mol. The number of para-hydroxylation sites is 1. The Labute approximate surface area is 197 Å². The number of amides is 1. The molecule has 0 aliphatic carbocycles. The molecule has 0 aromatic heterocycles. The number of nitrogens with zero attached hydrogens (tertiary/aromatic N) is 1. The highest BCUT2D eigenvalue weighted by Crippen LogP contribution is 2.56. The highest BCUT2D eigenvalue weighted by molar-refractivity contribution is 6.12. The summed E-state index contributed by atoms with van der Waals surface area (Å²) >= 11 is 0. The molecule has 166 valence electrons. The molecule has 5 heteroatoms. The Balaban J connectivity index is 1.46. The van der Waals surface area contributed by atoms with E-state index in [0.29, 0.717) is 17.2 Å². The number of hydrogen-bond donors (Lipinski definition) is 0. The summed E-state index contributed by atoms with van der Waals surface area (Å²) in [7, 11) is 0. The largest absolute Gasteiger partial charge is 0.491 e. The lowest BCUT2D eigenvalue weighted by atomic mass is 9.77. The zero-order valence-corrected chi connectivity index (χ0v) is 18.3. The van der Waals surface area contributed by atoms with Crippen molar-refractivity contribution in [1.29, 1.82) is 0 Å². The molecule has 7 rings (SSSR count). The molecule has 0 unspecified atom stereocenters. The minimum absolute atomic E-state index is 0.00372. The second-order valence-electron chi connectivity index (χ2n) is 8.81. The van der Waals surface area contributed by atoms with Crippen LogP contribution in [0.5, 0.6) is 17.2 Å². The van der Waals surface area contributed by atoms with E-state index in [1.54, 1.807) is 0 Å². The Hall–Kier alpha value is -4.25. The van der Waals surface area contributed by atoms with Gasteiger partial charge in [-0.3, -0.25) is 9.69 Å². The van der Waals surface area contributed by atoms with Crippen LogP contribution in [0.2, 0.25) is 0 Å². The van der Waals surface area contributed by atoms with E-state index in [9.17, 15) is 4.79 Å². The van der Waals surface area contributed by atoms with E-state index in [1.165, 1.54) is 0 Å². The predicted octanol–water partition coefficient (Wildman–Crippen LogP) is 5.23. The number of rotatable bonds is 3. The van der Waals surface area contributed by atoms with E-state index in [1.807, 2.05) is 77.7 Å². The van der Waals surface area contributed by atoms with Crippen LogP contribution in [0.25, 0.3) is 0 Å². The molecule has 1 atom stereocenters.